The van der Waals surface area contributed by atoms with Gasteiger partial charge in [-0.15, -0.1) is 0 Å². The Balaban J connectivity index is 1.91. The Bertz CT molecular complexity index is 565. The lowest BCUT2D eigenvalue weighted by Crippen LogP contribution is -2.45. The quantitative estimate of drug-likeness (QED) is 0.868. The third kappa shape index (κ3) is 2.65. The predicted octanol–water partition coefficient (Wildman–Crippen LogP) is 1.66. The number of aromatic carboxylic acids is 1. The van der Waals surface area contributed by atoms with E-state index in [0.717, 1.165) is 50.0 Å². The maximum absolute atomic E-state index is 12.7. The largest absolute Gasteiger partial charge is 0.478 e. The van der Waals surface area contributed by atoms with Crippen LogP contribution in [-0.2, 0) is 11.2 Å². The van der Waals surface area contributed by atoms with Gasteiger partial charge in [-0.25, -0.2) is 4.79 Å². The first-order chi connectivity index (χ1) is 10.2. The number of carboxylic acids is 1. The fourth-order valence-electron chi connectivity index (χ4n) is 3.34. The first-order valence-electron chi connectivity index (χ1n) is 7.56. The highest BCUT2D eigenvalue weighted by atomic mass is 16.4. The van der Waals surface area contributed by atoms with Crippen LogP contribution in [0.2, 0.25) is 0 Å². The van der Waals surface area contributed by atoms with Crippen LogP contribution in [0.25, 0.3) is 0 Å². The second-order valence-corrected chi connectivity index (χ2v) is 5.75. The first kappa shape index (κ1) is 14.1. The number of nitrogens with one attached hydrogen (secondary N) is 1. The molecule has 21 heavy (non-hydrogen) atoms. The highest BCUT2D eigenvalue weighted by Crippen LogP contribution is 2.31. The Morgan fingerprint density at radius 2 is 2.14 bits per heavy atom. The van der Waals surface area contributed by atoms with Gasteiger partial charge >= 0.3 is 5.97 Å². The van der Waals surface area contributed by atoms with Crippen LogP contribution in [0.1, 0.15) is 35.2 Å². The van der Waals surface area contributed by atoms with Gasteiger partial charge in [0.15, 0.2) is 0 Å². The zero-order valence-electron chi connectivity index (χ0n) is 12.0. The number of hydrogen-bond acceptors (Lipinski definition) is 3. The Kier molecular flexibility index (Phi) is 3.92. The highest BCUT2D eigenvalue weighted by Gasteiger charge is 2.31. The molecule has 112 valence electrons. The van der Waals surface area contributed by atoms with Gasteiger partial charge in [0.05, 0.1) is 11.5 Å². The van der Waals surface area contributed by atoms with Crippen LogP contribution in [0, 0.1) is 5.92 Å². The van der Waals surface area contributed by atoms with Gasteiger partial charge in [0.25, 0.3) is 0 Å². The van der Waals surface area contributed by atoms with Crippen LogP contribution in [0.5, 0.6) is 0 Å². The van der Waals surface area contributed by atoms with Gasteiger partial charge < -0.3 is 15.3 Å². The van der Waals surface area contributed by atoms with Crippen LogP contribution in [0.3, 0.4) is 0 Å². The number of piperidine rings is 1. The van der Waals surface area contributed by atoms with Crippen molar-refractivity contribution < 1.29 is 14.7 Å². The van der Waals surface area contributed by atoms with Crippen molar-refractivity contribution in [2.24, 2.45) is 5.92 Å². The summed E-state index contributed by atoms with van der Waals surface area (Å²) in [7, 11) is 0. The monoisotopic (exact) mass is 288 g/mol. The fraction of sp³-hybridized carbons (Fsp3) is 0.500. The Hall–Kier alpha value is -1.88. The number of amides is 1. The minimum absolute atomic E-state index is 0.0122. The van der Waals surface area contributed by atoms with Crippen LogP contribution >= 0.6 is 0 Å². The van der Waals surface area contributed by atoms with Gasteiger partial charge in [-0.3, -0.25) is 4.79 Å². The average molecular weight is 288 g/mol. The van der Waals surface area contributed by atoms with Crippen LogP contribution in [0.15, 0.2) is 18.2 Å². The van der Waals surface area contributed by atoms with E-state index in [1.807, 2.05) is 6.07 Å². The molecule has 0 aliphatic carbocycles. The number of benzene rings is 1. The number of carboxylic acid groups (broad SMARTS) is 1. The lowest BCUT2D eigenvalue weighted by atomic mass is 9.93. The fourth-order valence-corrected chi connectivity index (χ4v) is 3.34. The number of rotatable bonds is 2. The van der Waals surface area contributed by atoms with E-state index in [-0.39, 0.29) is 11.8 Å². The topological polar surface area (TPSA) is 69.6 Å². The first-order valence-corrected chi connectivity index (χ1v) is 7.56. The summed E-state index contributed by atoms with van der Waals surface area (Å²) in [5, 5.41) is 12.6. The molecule has 1 amide bonds. The predicted molar refractivity (Wildman–Crippen MR) is 79.7 cm³/mol. The summed E-state index contributed by atoms with van der Waals surface area (Å²) >= 11 is 0. The summed E-state index contributed by atoms with van der Waals surface area (Å²) in [5.41, 5.74) is 1.91. The summed E-state index contributed by atoms with van der Waals surface area (Å²) in [6.45, 7) is 2.39. The molecule has 0 saturated carbocycles. The summed E-state index contributed by atoms with van der Waals surface area (Å²) < 4.78 is 0. The SMILES string of the molecule is O=C(O)c1cccc2c1CCCN2C(=O)[C@@H]1CCCNC1. The van der Waals surface area contributed by atoms with Crippen molar-refractivity contribution in [2.45, 2.75) is 25.7 Å². The normalized spacial score (nSPS) is 21.7. The van der Waals surface area contributed by atoms with E-state index < -0.39 is 5.97 Å². The molecule has 1 aromatic carbocycles. The minimum Gasteiger partial charge on any atom is -0.478 e. The van der Waals surface area contributed by atoms with E-state index in [4.69, 9.17) is 0 Å². The van der Waals surface area contributed by atoms with Gasteiger partial charge in [-0.1, -0.05) is 6.07 Å². The minimum atomic E-state index is -0.916. The van der Waals surface area contributed by atoms with Gasteiger partial charge in [0.1, 0.15) is 0 Å². The molecule has 5 heteroatoms. The van der Waals surface area contributed by atoms with Crippen molar-refractivity contribution in [1.82, 2.24) is 5.32 Å². The van der Waals surface area contributed by atoms with E-state index >= 15 is 0 Å². The standard InChI is InChI=1S/C16H20N2O3/c19-15(11-4-2-8-17-10-11)18-9-3-6-12-13(16(20)21)5-1-7-14(12)18/h1,5,7,11,17H,2-4,6,8-10H2,(H,20,21)/t11-/m1/s1. The molecule has 1 atom stereocenters. The Labute approximate surface area is 123 Å². The third-order valence-corrected chi connectivity index (χ3v) is 4.39. The molecular formula is C16H20N2O3. The van der Waals surface area contributed by atoms with E-state index in [1.165, 1.54) is 0 Å². The van der Waals surface area contributed by atoms with Crippen molar-refractivity contribution in [1.29, 1.82) is 0 Å². The van der Waals surface area contributed by atoms with E-state index in [2.05, 4.69) is 5.32 Å². The molecule has 2 aliphatic rings. The number of carbonyl (C=O) groups excluding carboxylic acids is 1. The molecule has 0 bridgehead atoms. The second kappa shape index (κ2) is 5.85. The Morgan fingerprint density at radius 3 is 2.86 bits per heavy atom. The molecule has 1 aromatic rings. The van der Waals surface area contributed by atoms with E-state index in [1.54, 1.807) is 17.0 Å². The van der Waals surface area contributed by atoms with Crippen molar-refractivity contribution >= 4 is 17.6 Å². The zero-order valence-corrected chi connectivity index (χ0v) is 12.0. The van der Waals surface area contributed by atoms with Gasteiger partial charge in [0.2, 0.25) is 5.91 Å². The molecule has 2 aliphatic heterocycles. The number of hydrogen-bond donors (Lipinski definition) is 2. The summed E-state index contributed by atoms with van der Waals surface area (Å²) in [6.07, 6.45) is 3.48. The average Bonchev–Trinajstić information content (AvgIpc) is 2.53. The molecular weight excluding hydrogens is 268 g/mol. The summed E-state index contributed by atoms with van der Waals surface area (Å²) in [4.78, 5) is 25.9. The molecule has 2 N–H and O–H groups in total. The van der Waals surface area contributed by atoms with E-state index in [0.29, 0.717) is 12.1 Å². The maximum Gasteiger partial charge on any atom is 0.336 e. The van der Waals surface area contributed by atoms with Crippen molar-refractivity contribution in [3.63, 3.8) is 0 Å². The smallest absolute Gasteiger partial charge is 0.336 e. The van der Waals surface area contributed by atoms with Gasteiger partial charge in [0, 0.05) is 18.8 Å². The zero-order chi connectivity index (χ0) is 14.8. The molecule has 1 saturated heterocycles. The number of fused-ring (bicyclic) bond motifs is 1. The van der Waals surface area contributed by atoms with Crippen LogP contribution < -0.4 is 10.2 Å². The number of carbonyl (C=O) groups is 2. The molecule has 0 aromatic heterocycles. The molecule has 2 heterocycles. The molecule has 1 fully saturated rings. The van der Waals surface area contributed by atoms with Crippen molar-refractivity contribution in [3.8, 4) is 0 Å². The Morgan fingerprint density at radius 1 is 1.29 bits per heavy atom. The maximum atomic E-state index is 12.7. The number of nitrogens with zero attached hydrogens (tertiary/aromatic N) is 1. The molecule has 0 unspecified atom stereocenters. The highest BCUT2D eigenvalue weighted by molar-refractivity contribution is 5.99. The third-order valence-electron chi connectivity index (χ3n) is 4.39. The molecule has 0 spiro atoms. The van der Waals surface area contributed by atoms with Crippen molar-refractivity contribution in [2.75, 3.05) is 24.5 Å². The van der Waals surface area contributed by atoms with Gasteiger partial charge in [-0.05, 0) is 49.9 Å². The molecule has 0 radical (unpaired) electrons. The van der Waals surface area contributed by atoms with Gasteiger partial charge in [-0.2, -0.15) is 0 Å². The van der Waals surface area contributed by atoms with Crippen LogP contribution in [-0.4, -0.2) is 36.6 Å². The lowest BCUT2D eigenvalue weighted by molar-refractivity contribution is -0.123. The second-order valence-electron chi connectivity index (χ2n) is 5.75. The number of anilines is 1. The van der Waals surface area contributed by atoms with Crippen LogP contribution in [0.4, 0.5) is 5.69 Å². The molecule has 3 rings (SSSR count). The van der Waals surface area contributed by atoms with Crippen molar-refractivity contribution in [3.05, 3.63) is 29.3 Å². The summed E-state index contributed by atoms with van der Waals surface area (Å²) in [6, 6.07) is 5.22. The lowest BCUT2D eigenvalue weighted by Gasteiger charge is -2.34. The molecule has 5 nitrogen and oxygen atoms in total. The summed E-state index contributed by atoms with van der Waals surface area (Å²) in [5.74, 6) is -0.774. The van der Waals surface area contributed by atoms with E-state index in [9.17, 15) is 14.7 Å².